The number of carbonyl (C=O) groups is 1. The van der Waals surface area contributed by atoms with Crippen molar-refractivity contribution < 1.29 is 4.79 Å². The standard InChI is InChI=1S/C15H25N3O/c1-5-10-18(4)14-8-6-13(7-9-14)15(19)17-11-12(2)16-3/h6-9,12,16H,5,10-11H2,1-4H3,(H,17,19). The second-order valence-corrected chi connectivity index (χ2v) is 4.87. The average molecular weight is 263 g/mol. The zero-order valence-electron chi connectivity index (χ0n) is 12.4. The van der Waals surface area contributed by atoms with E-state index in [4.69, 9.17) is 0 Å². The number of hydrogen-bond acceptors (Lipinski definition) is 3. The zero-order valence-corrected chi connectivity index (χ0v) is 12.4. The highest BCUT2D eigenvalue weighted by molar-refractivity contribution is 5.94. The van der Waals surface area contributed by atoms with E-state index in [-0.39, 0.29) is 11.9 Å². The second-order valence-electron chi connectivity index (χ2n) is 4.87. The fourth-order valence-electron chi connectivity index (χ4n) is 1.78. The van der Waals surface area contributed by atoms with E-state index in [1.165, 1.54) is 0 Å². The Labute approximate surface area is 116 Å². The van der Waals surface area contributed by atoms with E-state index in [1.807, 2.05) is 38.2 Å². The first-order chi connectivity index (χ1) is 9.08. The molecule has 1 amide bonds. The van der Waals surface area contributed by atoms with Gasteiger partial charge in [0, 0.05) is 37.4 Å². The van der Waals surface area contributed by atoms with Crippen LogP contribution in [0.1, 0.15) is 30.6 Å². The van der Waals surface area contributed by atoms with Crippen molar-refractivity contribution in [1.29, 1.82) is 0 Å². The highest BCUT2D eigenvalue weighted by Crippen LogP contribution is 2.14. The third kappa shape index (κ3) is 4.91. The molecule has 0 aromatic heterocycles. The monoisotopic (exact) mass is 263 g/mol. The van der Waals surface area contributed by atoms with E-state index in [2.05, 4.69) is 29.5 Å². The van der Waals surface area contributed by atoms with Crippen LogP contribution in [0.3, 0.4) is 0 Å². The molecule has 0 saturated heterocycles. The number of nitrogens with one attached hydrogen (secondary N) is 2. The third-order valence-corrected chi connectivity index (χ3v) is 3.19. The van der Waals surface area contributed by atoms with Crippen LogP contribution in [0.2, 0.25) is 0 Å². The molecule has 0 saturated carbocycles. The van der Waals surface area contributed by atoms with Gasteiger partial charge < -0.3 is 15.5 Å². The number of rotatable bonds is 7. The molecule has 106 valence electrons. The highest BCUT2D eigenvalue weighted by atomic mass is 16.1. The molecule has 4 nitrogen and oxygen atoms in total. The Morgan fingerprint density at radius 3 is 2.47 bits per heavy atom. The number of carbonyl (C=O) groups excluding carboxylic acids is 1. The van der Waals surface area contributed by atoms with Gasteiger partial charge in [-0.15, -0.1) is 0 Å². The van der Waals surface area contributed by atoms with Crippen LogP contribution in [0, 0.1) is 0 Å². The van der Waals surface area contributed by atoms with Crippen LogP contribution < -0.4 is 15.5 Å². The van der Waals surface area contributed by atoms with Crippen LogP contribution in [-0.4, -0.2) is 39.1 Å². The van der Waals surface area contributed by atoms with Gasteiger partial charge in [-0.1, -0.05) is 6.92 Å². The number of amides is 1. The van der Waals surface area contributed by atoms with Crippen LogP contribution in [0.15, 0.2) is 24.3 Å². The second kappa shape index (κ2) is 7.79. The molecule has 1 aromatic rings. The predicted molar refractivity (Wildman–Crippen MR) is 80.9 cm³/mol. The Hall–Kier alpha value is -1.55. The van der Waals surface area contributed by atoms with Crippen molar-refractivity contribution in [3.63, 3.8) is 0 Å². The quantitative estimate of drug-likeness (QED) is 0.789. The molecule has 4 heteroatoms. The number of hydrogen-bond donors (Lipinski definition) is 2. The Morgan fingerprint density at radius 2 is 1.95 bits per heavy atom. The summed E-state index contributed by atoms with van der Waals surface area (Å²) in [6.07, 6.45) is 1.11. The highest BCUT2D eigenvalue weighted by Gasteiger charge is 2.07. The molecule has 1 atom stereocenters. The molecule has 0 bridgehead atoms. The van der Waals surface area contributed by atoms with Gasteiger partial charge in [-0.05, 0) is 44.7 Å². The number of nitrogens with zero attached hydrogens (tertiary/aromatic N) is 1. The normalized spacial score (nSPS) is 12.0. The average Bonchev–Trinajstić information content (AvgIpc) is 2.44. The lowest BCUT2D eigenvalue weighted by Gasteiger charge is -2.18. The van der Waals surface area contributed by atoms with Crippen molar-refractivity contribution in [2.24, 2.45) is 0 Å². The van der Waals surface area contributed by atoms with Crippen LogP contribution in [0.25, 0.3) is 0 Å². The van der Waals surface area contributed by atoms with Crippen LogP contribution in [0.4, 0.5) is 5.69 Å². The largest absolute Gasteiger partial charge is 0.375 e. The van der Waals surface area contributed by atoms with E-state index in [9.17, 15) is 4.79 Å². The third-order valence-electron chi connectivity index (χ3n) is 3.19. The Kier molecular flexibility index (Phi) is 6.36. The molecule has 0 aliphatic heterocycles. The molecule has 2 N–H and O–H groups in total. The molecule has 1 rings (SSSR count). The van der Waals surface area contributed by atoms with Gasteiger partial charge in [0.2, 0.25) is 0 Å². The maximum absolute atomic E-state index is 11.9. The summed E-state index contributed by atoms with van der Waals surface area (Å²) in [6, 6.07) is 8.01. The summed E-state index contributed by atoms with van der Waals surface area (Å²) in [7, 11) is 3.95. The van der Waals surface area contributed by atoms with E-state index in [0.29, 0.717) is 12.1 Å². The van der Waals surface area contributed by atoms with Crippen molar-refractivity contribution in [3.8, 4) is 0 Å². The van der Waals surface area contributed by atoms with Crippen molar-refractivity contribution in [2.75, 3.05) is 32.1 Å². The van der Waals surface area contributed by atoms with E-state index >= 15 is 0 Å². The van der Waals surface area contributed by atoms with Crippen molar-refractivity contribution in [3.05, 3.63) is 29.8 Å². The minimum absolute atomic E-state index is 0.0215. The van der Waals surface area contributed by atoms with Gasteiger partial charge in [0.25, 0.3) is 5.91 Å². The Balaban J connectivity index is 2.58. The lowest BCUT2D eigenvalue weighted by molar-refractivity contribution is 0.0950. The van der Waals surface area contributed by atoms with Gasteiger partial charge in [-0.3, -0.25) is 4.79 Å². The van der Waals surface area contributed by atoms with Crippen molar-refractivity contribution in [2.45, 2.75) is 26.3 Å². The SMILES string of the molecule is CCCN(C)c1ccc(C(=O)NCC(C)NC)cc1. The summed E-state index contributed by atoms with van der Waals surface area (Å²) in [4.78, 5) is 14.1. The summed E-state index contributed by atoms with van der Waals surface area (Å²) in [5.74, 6) is -0.0215. The molecule has 0 spiro atoms. The minimum atomic E-state index is -0.0215. The number of anilines is 1. The van der Waals surface area contributed by atoms with Gasteiger partial charge >= 0.3 is 0 Å². The summed E-state index contributed by atoms with van der Waals surface area (Å²) in [6.45, 7) is 5.84. The first-order valence-electron chi connectivity index (χ1n) is 6.85. The zero-order chi connectivity index (χ0) is 14.3. The lowest BCUT2D eigenvalue weighted by Crippen LogP contribution is -2.37. The summed E-state index contributed by atoms with van der Waals surface area (Å²) in [5, 5.41) is 6.00. The van der Waals surface area contributed by atoms with E-state index in [1.54, 1.807) is 0 Å². The van der Waals surface area contributed by atoms with Gasteiger partial charge in [-0.25, -0.2) is 0 Å². The smallest absolute Gasteiger partial charge is 0.251 e. The minimum Gasteiger partial charge on any atom is -0.375 e. The Bertz CT molecular complexity index is 389. The maximum atomic E-state index is 11.9. The Morgan fingerprint density at radius 1 is 1.32 bits per heavy atom. The molecule has 0 heterocycles. The van der Waals surface area contributed by atoms with Crippen molar-refractivity contribution >= 4 is 11.6 Å². The fourth-order valence-corrected chi connectivity index (χ4v) is 1.78. The predicted octanol–water partition coefficient (Wildman–Crippen LogP) is 1.87. The molecule has 0 fully saturated rings. The summed E-state index contributed by atoms with van der Waals surface area (Å²) >= 11 is 0. The fraction of sp³-hybridized carbons (Fsp3) is 0.533. The molecule has 1 unspecified atom stereocenters. The molecule has 19 heavy (non-hydrogen) atoms. The molecule has 0 radical (unpaired) electrons. The molecule has 0 aliphatic rings. The number of likely N-dealkylation sites (N-methyl/N-ethyl adjacent to an activating group) is 1. The van der Waals surface area contributed by atoms with Gasteiger partial charge in [0.1, 0.15) is 0 Å². The maximum Gasteiger partial charge on any atom is 0.251 e. The topological polar surface area (TPSA) is 44.4 Å². The van der Waals surface area contributed by atoms with E-state index < -0.39 is 0 Å². The van der Waals surface area contributed by atoms with Crippen molar-refractivity contribution in [1.82, 2.24) is 10.6 Å². The first-order valence-corrected chi connectivity index (χ1v) is 6.85. The van der Waals surface area contributed by atoms with Gasteiger partial charge in [0.05, 0.1) is 0 Å². The lowest BCUT2D eigenvalue weighted by atomic mass is 10.1. The van der Waals surface area contributed by atoms with Gasteiger partial charge in [0.15, 0.2) is 0 Å². The van der Waals surface area contributed by atoms with Crippen LogP contribution in [0.5, 0.6) is 0 Å². The molecular formula is C15H25N3O. The van der Waals surface area contributed by atoms with Crippen LogP contribution in [-0.2, 0) is 0 Å². The van der Waals surface area contributed by atoms with Crippen LogP contribution >= 0.6 is 0 Å². The summed E-state index contributed by atoms with van der Waals surface area (Å²) < 4.78 is 0. The van der Waals surface area contributed by atoms with Gasteiger partial charge in [-0.2, -0.15) is 0 Å². The molecule has 0 aliphatic carbocycles. The molecule has 1 aromatic carbocycles. The number of benzene rings is 1. The molecular weight excluding hydrogens is 238 g/mol. The van der Waals surface area contributed by atoms with E-state index in [0.717, 1.165) is 18.7 Å². The summed E-state index contributed by atoms with van der Waals surface area (Å²) in [5.41, 5.74) is 1.85. The first kappa shape index (κ1) is 15.5.